The number of carbonyl (C=O) groups is 4. The number of piperidine rings is 1. The van der Waals surface area contributed by atoms with Gasteiger partial charge in [0, 0.05) is 70.7 Å². The zero-order chi connectivity index (χ0) is 42.3. The number of para-hydroxylation sites is 2. The van der Waals surface area contributed by atoms with Gasteiger partial charge in [0.15, 0.2) is 5.82 Å². The Morgan fingerprint density at radius 1 is 0.950 bits per heavy atom. The number of fused-ring (bicyclic) bond motifs is 1. The molecule has 4 aromatic rings. The molecule has 8 rings (SSSR count). The van der Waals surface area contributed by atoms with E-state index in [9.17, 15) is 27.6 Å². The van der Waals surface area contributed by atoms with Crippen LogP contribution in [-0.4, -0.2) is 130 Å². The normalized spacial score (nSPS) is 18.7. The second kappa shape index (κ2) is 16.6. The van der Waals surface area contributed by atoms with Gasteiger partial charge in [-0.2, -0.15) is 4.98 Å². The molecule has 3 saturated heterocycles. The summed E-state index contributed by atoms with van der Waals surface area (Å²) in [7, 11) is -2.08. The van der Waals surface area contributed by atoms with E-state index in [0.717, 1.165) is 40.8 Å². The van der Waals surface area contributed by atoms with Crippen molar-refractivity contribution in [3.8, 4) is 0 Å². The van der Waals surface area contributed by atoms with Crippen LogP contribution in [0.3, 0.4) is 0 Å². The van der Waals surface area contributed by atoms with Crippen LogP contribution in [0.5, 0.6) is 0 Å². The lowest BCUT2D eigenvalue weighted by Crippen LogP contribution is -2.54. The summed E-state index contributed by atoms with van der Waals surface area (Å²) in [5.74, 6) is -2.13. The minimum atomic E-state index is -3.53. The Balaban J connectivity index is 0.785. The molecule has 3 aromatic carbocycles. The smallest absolute Gasteiger partial charge is 0.262 e. The number of hydrogen-bond donors (Lipinski definition) is 3. The molecule has 0 radical (unpaired) electrons. The third-order valence-electron chi connectivity index (χ3n) is 11.1. The van der Waals surface area contributed by atoms with Gasteiger partial charge in [-0.15, -0.1) is 0 Å². The summed E-state index contributed by atoms with van der Waals surface area (Å²) in [5, 5.41) is 8.51. The van der Waals surface area contributed by atoms with Gasteiger partial charge in [-0.25, -0.2) is 17.8 Å². The number of ether oxygens (including phenoxy) is 1. The highest BCUT2D eigenvalue weighted by Gasteiger charge is 2.45. The molecule has 0 spiro atoms. The zero-order valence-electron chi connectivity index (χ0n) is 32.7. The van der Waals surface area contributed by atoms with E-state index in [1.54, 1.807) is 54.6 Å². The molecule has 1 unspecified atom stereocenters. The van der Waals surface area contributed by atoms with E-state index in [2.05, 4.69) is 35.7 Å². The lowest BCUT2D eigenvalue weighted by atomic mass is 10.0. The summed E-state index contributed by atoms with van der Waals surface area (Å²) in [6, 6.07) is 15.7. The Hall–Kier alpha value is -5.89. The maximum atomic E-state index is 15.5. The summed E-state index contributed by atoms with van der Waals surface area (Å²) < 4.78 is 47.1. The fraction of sp³-hybridized carbons (Fsp3) is 0.350. The Morgan fingerprint density at radius 3 is 2.43 bits per heavy atom. The summed E-state index contributed by atoms with van der Waals surface area (Å²) in [5.41, 5.74) is 3.05. The molecule has 1 aromatic heterocycles. The average Bonchev–Trinajstić information content (AvgIpc) is 3.44. The van der Waals surface area contributed by atoms with Crippen molar-refractivity contribution >= 4 is 85.5 Å². The zero-order valence-corrected chi connectivity index (χ0v) is 34.3. The standard InChI is InChI=1S/C40H42ClFN10O7S/c1-48(60(2,57)58)33-6-4-3-5-31(33)45-36-29(41)21-43-40(47-36)44-24-7-10-32(30(42)19-24)50-15-13-49(14-16-50)17-18-59-26-22-51(23-26)25-8-9-27-28(20-25)39(56)52(38(27)55)34-11-12-35(53)46-37(34)54/h3-10,19-21,26,34H,11-18,22-23H2,1-2H3,(H,46,53,54)(H2,43,44,45,47). The van der Waals surface area contributed by atoms with Crippen LogP contribution in [0.4, 0.5) is 44.6 Å². The fourth-order valence-corrected chi connectivity index (χ4v) is 8.27. The van der Waals surface area contributed by atoms with Gasteiger partial charge in [0.05, 0.1) is 53.4 Å². The van der Waals surface area contributed by atoms with Crippen LogP contribution in [0, 0.1) is 5.82 Å². The number of nitrogens with zero attached hydrogens (tertiary/aromatic N) is 7. The van der Waals surface area contributed by atoms with Gasteiger partial charge < -0.3 is 25.2 Å². The number of aromatic nitrogens is 2. The van der Waals surface area contributed by atoms with Crippen LogP contribution in [0.1, 0.15) is 33.6 Å². The summed E-state index contributed by atoms with van der Waals surface area (Å²) >= 11 is 6.38. The molecular weight excluding hydrogens is 819 g/mol. The van der Waals surface area contributed by atoms with Gasteiger partial charge in [-0.3, -0.25) is 38.6 Å². The molecule has 3 fully saturated rings. The van der Waals surface area contributed by atoms with E-state index >= 15 is 4.39 Å². The van der Waals surface area contributed by atoms with E-state index < -0.39 is 45.5 Å². The van der Waals surface area contributed by atoms with Crippen molar-refractivity contribution < 1.29 is 36.7 Å². The van der Waals surface area contributed by atoms with Gasteiger partial charge in [0.2, 0.25) is 27.8 Å². The SMILES string of the molecule is CN(c1ccccc1Nc1nc(Nc2ccc(N3CCN(CCOC4CN(c5ccc6c(c5)C(=O)N(C5CCC(=O)NC5=O)C6=O)C4)CC3)c(F)c2)ncc1Cl)S(C)(=O)=O. The second-order valence-corrected chi connectivity index (χ2v) is 17.4. The van der Waals surface area contributed by atoms with Gasteiger partial charge >= 0.3 is 0 Å². The predicted molar refractivity (Wildman–Crippen MR) is 223 cm³/mol. The van der Waals surface area contributed by atoms with Crippen molar-refractivity contribution in [3.63, 3.8) is 0 Å². The summed E-state index contributed by atoms with van der Waals surface area (Å²) in [6.45, 7) is 5.22. The fourth-order valence-electron chi connectivity index (χ4n) is 7.62. The maximum Gasteiger partial charge on any atom is 0.262 e. The molecule has 0 bridgehead atoms. The van der Waals surface area contributed by atoms with Crippen LogP contribution in [0.25, 0.3) is 0 Å². The summed E-state index contributed by atoms with van der Waals surface area (Å²) in [4.78, 5) is 66.2. The number of benzene rings is 3. The van der Waals surface area contributed by atoms with Crippen molar-refractivity contribution in [1.29, 1.82) is 0 Å². The molecule has 314 valence electrons. The largest absolute Gasteiger partial charge is 0.373 e. The monoisotopic (exact) mass is 860 g/mol. The van der Waals surface area contributed by atoms with E-state index in [4.69, 9.17) is 16.3 Å². The first-order valence-electron chi connectivity index (χ1n) is 19.3. The maximum absolute atomic E-state index is 15.5. The molecule has 20 heteroatoms. The number of rotatable bonds is 13. The topological polar surface area (TPSA) is 190 Å². The Morgan fingerprint density at radius 2 is 1.70 bits per heavy atom. The Kier molecular flexibility index (Phi) is 11.3. The van der Waals surface area contributed by atoms with Crippen molar-refractivity contribution in [2.45, 2.75) is 25.0 Å². The van der Waals surface area contributed by atoms with Crippen molar-refractivity contribution in [2.24, 2.45) is 0 Å². The number of anilines is 7. The van der Waals surface area contributed by atoms with Gasteiger partial charge in [-0.05, 0) is 55.0 Å². The number of nitrogens with one attached hydrogen (secondary N) is 3. The highest BCUT2D eigenvalue weighted by molar-refractivity contribution is 7.92. The quantitative estimate of drug-likeness (QED) is 0.166. The lowest BCUT2D eigenvalue weighted by molar-refractivity contribution is -0.136. The minimum absolute atomic E-state index is 0.00450. The molecule has 0 aliphatic carbocycles. The molecule has 4 aliphatic rings. The van der Waals surface area contributed by atoms with Gasteiger partial charge in [-0.1, -0.05) is 23.7 Å². The van der Waals surface area contributed by atoms with Crippen molar-refractivity contribution in [1.82, 2.24) is 25.1 Å². The van der Waals surface area contributed by atoms with Crippen molar-refractivity contribution in [3.05, 3.63) is 88.8 Å². The Labute approximate surface area is 350 Å². The van der Waals surface area contributed by atoms with E-state index in [1.165, 1.54) is 19.3 Å². The predicted octanol–water partition coefficient (Wildman–Crippen LogP) is 3.58. The Bertz CT molecular complexity index is 2480. The molecular formula is C40H42ClFN10O7S. The molecule has 5 heterocycles. The molecule has 0 saturated carbocycles. The number of halogens is 2. The molecule has 3 N–H and O–H groups in total. The van der Waals surface area contributed by atoms with E-state index in [0.29, 0.717) is 55.5 Å². The second-order valence-electron chi connectivity index (χ2n) is 15.0. The lowest BCUT2D eigenvalue weighted by Gasteiger charge is -2.41. The molecule has 4 aliphatic heterocycles. The number of amides is 4. The van der Waals surface area contributed by atoms with Crippen LogP contribution in [-0.2, 0) is 24.3 Å². The van der Waals surface area contributed by atoms with Crippen LogP contribution < -0.4 is 30.1 Å². The third kappa shape index (κ3) is 8.43. The number of sulfonamides is 1. The highest BCUT2D eigenvalue weighted by Crippen LogP contribution is 2.34. The van der Waals surface area contributed by atoms with Gasteiger partial charge in [0.1, 0.15) is 16.9 Å². The first-order chi connectivity index (χ1) is 28.7. The molecule has 17 nitrogen and oxygen atoms in total. The molecule has 4 amide bonds. The van der Waals surface area contributed by atoms with Crippen molar-refractivity contribution in [2.75, 3.05) is 90.5 Å². The minimum Gasteiger partial charge on any atom is -0.373 e. The van der Waals surface area contributed by atoms with Crippen LogP contribution in [0.15, 0.2) is 66.9 Å². The summed E-state index contributed by atoms with van der Waals surface area (Å²) in [6.07, 6.45) is 2.68. The van der Waals surface area contributed by atoms with Crippen LogP contribution in [0.2, 0.25) is 5.02 Å². The van der Waals surface area contributed by atoms with Crippen LogP contribution >= 0.6 is 11.6 Å². The first-order valence-corrected chi connectivity index (χ1v) is 21.5. The highest BCUT2D eigenvalue weighted by atomic mass is 35.5. The van der Waals surface area contributed by atoms with E-state index in [1.807, 2.05) is 4.90 Å². The number of hydrogen-bond acceptors (Lipinski definition) is 14. The number of imide groups is 2. The number of piperazine rings is 1. The molecule has 1 atom stereocenters. The first kappa shape index (κ1) is 40.9. The van der Waals surface area contributed by atoms with E-state index in [-0.39, 0.29) is 46.9 Å². The average molecular weight is 861 g/mol. The van der Waals surface area contributed by atoms with Gasteiger partial charge in [0.25, 0.3) is 11.8 Å². The number of carbonyl (C=O) groups excluding carboxylic acids is 4. The third-order valence-corrected chi connectivity index (χ3v) is 12.5. The molecule has 60 heavy (non-hydrogen) atoms.